The van der Waals surface area contributed by atoms with Crippen LogP contribution >= 0.6 is 0 Å². The number of aryl methyl sites for hydroxylation is 1. The number of hydrogen-bond acceptors (Lipinski definition) is 6. The molecule has 8 heteroatoms. The molecule has 22 heavy (non-hydrogen) atoms. The van der Waals surface area contributed by atoms with E-state index in [-0.39, 0.29) is 12.7 Å². The molecule has 3 rings (SSSR count). The molecule has 0 spiro atoms. The predicted molar refractivity (Wildman–Crippen MR) is 75.7 cm³/mol. The molecule has 1 aliphatic rings. The van der Waals surface area contributed by atoms with Crippen molar-refractivity contribution in [3.8, 4) is 17.2 Å². The van der Waals surface area contributed by atoms with Gasteiger partial charge in [0.25, 0.3) is 0 Å². The largest absolute Gasteiger partial charge is 0.492 e. The summed E-state index contributed by atoms with van der Waals surface area (Å²) in [7, 11) is 0. The summed E-state index contributed by atoms with van der Waals surface area (Å²) in [6.07, 6.45) is 3.38. The first-order valence-electron chi connectivity index (χ1n) is 6.93. The van der Waals surface area contributed by atoms with Gasteiger partial charge in [-0.1, -0.05) is 0 Å². The Labute approximate surface area is 127 Å². The third kappa shape index (κ3) is 3.66. The van der Waals surface area contributed by atoms with Gasteiger partial charge in [0, 0.05) is 12.5 Å². The molecule has 0 radical (unpaired) electrons. The summed E-state index contributed by atoms with van der Waals surface area (Å²) in [4.78, 5) is 15.5. The average Bonchev–Trinajstić information content (AvgIpc) is 3.20. The van der Waals surface area contributed by atoms with Gasteiger partial charge in [0.15, 0.2) is 11.5 Å². The maximum Gasteiger partial charge on any atom is 0.231 e. The molecular weight excluding hydrogens is 288 g/mol. The fourth-order valence-corrected chi connectivity index (χ4v) is 1.98. The maximum absolute atomic E-state index is 11.6. The Kier molecular flexibility index (Phi) is 4.38. The number of rotatable bonds is 7. The van der Waals surface area contributed by atoms with Crippen LogP contribution in [-0.2, 0) is 11.3 Å². The van der Waals surface area contributed by atoms with Crippen LogP contribution in [0.5, 0.6) is 17.2 Å². The Morgan fingerprint density at radius 1 is 1.36 bits per heavy atom. The number of nitrogens with zero attached hydrogens (tertiary/aromatic N) is 3. The van der Waals surface area contributed by atoms with E-state index in [0.717, 1.165) is 0 Å². The third-order valence-electron chi connectivity index (χ3n) is 3.07. The van der Waals surface area contributed by atoms with Gasteiger partial charge < -0.3 is 19.5 Å². The fraction of sp³-hybridized carbons (Fsp3) is 0.357. The van der Waals surface area contributed by atoms with E-state index in [1.165, 1.54) is 6.33 Å². The van der Waals surface area contributed by atoms with Crippen LogP contribution in [0.2, 0.25) is 0 Å². The highest BCUT2D eigenvalue weighted by Gasteiger charge is 2.13. The first-order valence-corrected chi connectivity index (χ1v) is 6.93. The fourth-order valence-electron chi connectivity index (χ4n) is 1.98. The van der Waals surface area contributed by atoms with Crippen LogP contribution in [0, 0.1) is 0 Å². The van der Waals surface area contributed by atoms with Crippen molar-refractivity contribution in [3.63, 3.8) is 0 Å². The van der Waals surface area contributed by atoms with Crippen LogP contribution in [0.3, 0.4) is 0 Å². The predicted octanol–water partition coefficient (Wildman–Crippen LogP) is 0.592. The van der Waals surface area contributed by atoms with Crippen molar-refractivity contribution in [3.05, 3.63) is 30.9 Å². The van der Waals surface area contributed by atoms with Crippen molar-refractivity contribution >= 4 is 5.91 Å². The highest BCUT2D eigenvalue weighted by atomic mass is 16.7. The molecule has 1 aromatic heterocycles. The Bertz CT molecular complexity index is 630. The Balaban J connectivity index is 1.34. The Morgan fingerprint density at radius 2 is 2.27 bits per heavy atom. The second kappa shape index (κ2) is 6.79. The summed E-state index contributed by atoms with van der Waals surface area (Å²) in [5.74, 6) is 2.02. The van der Waals surface area contributed by atoms with Crippen LogP contribution in [-0.4, -0.2) is 40.6 Å². The molecule has 0 saturated heterocycles. The minimum absolute atomic E-state index is 0.0511. The van der Waals surface area contributed by atoms with Crippen molar-refractivity contribution in [2.45, 2.75) is 13.0 Å². The van der Waals surface area contributed by atoms with Gasteiger partial charge in [0.1, 0.15) is 25.0 Å². The van der Waals surface area contributed by atoms with Crippen molar-refractivity contribution in [1.29, 1.82) is 0 Å². The average molecular weight is 304 g/mol. The zero-order chi connectivity index (χ0) is 15.2. The maximum atomic E-state index is 11.6. The van der Waals surface area contributed by atoms with E-state index in [0.29, 0.717) is 43.4 Å². The molecule has 2 heterocycles. The van der Waals surface area contributed by atoms with E-state index in [4.69, 9.17) is 14.2 Å². The molecule has 0 bridgehead atoms. The topological polar surface area (TPSA) is 87.5 Å². The van der Waals surface area contributed by atoms with E-state index in [1.54, 1.807) is 29.2 Å². The Morgan fingerprint density at radius 3 is 3.14 bits per heavy atom. The summed E-state index contributed by atoms with van der Waals surface area (Å²) in [6.45, 7) is 1.56. The normalized spacial score (nSPS) is 12.2. The first kappa shape index (κ1) is 14.2. The van der Waals surface area contributed by atoms with E-state index in [2.05, 4.69) is 15.4 Å². The smallest absolute Gasteiger partial charge is 0.231 e. The molecule has 0 fully saturated rings. The lowest BCUT2D eigenvalue weighted by atomic mass is 10.3. The molecule has 1 aliphatic heterocycles. The molecule has 0 unspecified atom stereocenters. The number of hydrogen-bond donors (Lipinski definition) is 1. The molecule has 0 atom stereocenters. The number of benzene rings is 1. The van der Waals surface area contributed by atoms with Gasteiger partial charge in [-0.3, -0.25) is 9.48 Å². The summed E-state index contributed by atoms with van der Waals surface area (Å²) in [5, 5.41) is 6.72. The number of amides is 1. The molecule has 1 aromatic carbocycles. The summed E-state index contributed by atoms with van der Waals surface area (Å²) in [5.41, 5.74) is 0. The third-order valence-corrected chi connectivity index (χ3v) is 3.07. The number of carbonyl (C=O) groups excluding carboxylic acids is 1. The van der Waals surface area contributed by atoms with Gasteiger partial charge in [-0.15, -0.1) is 0 Å². The first-order chi connectivity index (χ1) is 10.8. The van der Waals surface area contributed by atoms with Crippen LogP contribution in [0.1, 0.15) is 6.42 Å². The molecule has 1 amide bonds. The Hall–Kier alpha value is -2.77. The number of carbonyl (C=O) groups is 1. The van der Waals surface area contributed by atoms with Gasteiger partial charge in [0.05, 0.1) is 13.1 Å². The lowest BCUT2D eigenvalue weighted by molar-refractivity contribution is -0.121. The minimum atomic E-state index is -0.0511. The van der Waals surface area contributed by atoms with E-state index in [9.17, 15) is 4.79 Å². The van der Waals surface area contributed by atoms with Crippen molar-refractivity contribution in [2.24, 2.45) is 0 Å². The molecule has 2 aromatic rings. The van der Waals surface area contributed by atoms with Gasteiger partial charge in [0.2, 0.25) is 12.7 Å². The van der Waals surface area contributed by atoms with Gasteiger partial charge >= 0.3 is 0 Å². The second-order valence-electron chi connectivity index (χ2n) is 4.62. The number of ether oxygens (including phenoxy) is 3. The summed E-state index contributed by atoms with van der Waals surface area (Å²) >= 11 is 0. The lowest BCUT2D eigenvalue weighted by Crippen LogP contribution is -2.28. The van der Waals surface area contributed by atoms with E-state index < -0.39 is 0 Å². The zero-order valence-corrected chi connectivity index (χ0v) is 11.9. The molecule has 0 saturated carbocycles. The zero-order valence-electron chi connectivity index (χ0n) is 11.9. The lowest BCUT2D eigenvalue weighted by Gasteiger charge is -2.08. The SMILES string of the molecule is O=C(CCn1cncn1)NCCOc1ccc2c(c1)OCO2. The van der Waals surface area contributed by atoms with Crippen LogP contribution in [0.15, 0.2) is 30.9 Å². The number of aromatic nitrogens is 3. The van der Waals surface area contributed by atoms with Crippen molar-refractivity contribution < 1.29 is 19.0 Å². The summed E-state index contributed by atoms with van der Waals surface area (Å²) < 4.78 is 17.7. The van der Waals surface area contributed by atoms with Crippen molar-refractivity contribution in [2.75, 3.05) is 19.9 Å². The van der Waals surface area contributed by atoms with Gasteiger partial charge in [-0.05, 0) is 12.1 Å². The molecule has 116 valence electrons. The van der Waals surface area contributed by atoms with Crippen LogP contribution in [0.25, 0.3) is 0 Å². The summed E-state index contributed by atoms with van der Waals surface area (Å²) in [6, 6.07) is 5.38. The second-order valence-corrected chi connectivity index (χ2v) is 4.62. The standard InChI is InChI=1S/C14H16N4O4/c19-14(3-5-18-9-15-8-17-18)16-4-6-20-11-1-2-12-13(7-11)22-10-21-12/h1-2,7-9H,3-6,10H2,(H,16,19). The minimum Gasteiger partial charge on any atom is -0.492 e. The van der Waals surface area contributed by atoms with E-state index >= 15 is 0 Å². The van der Waals surface area contributed by atoms with Crippen LogP contribution < -0.4 is 19.5 Å². The molecule has 0 aliphatic carbocycles. The van der Waals surface area contributed by atoms with E-state index in [1.807, 2.05) is 0 Å². The van der Waals surface area contributed by atoms with Crippen LogP contribution in [0.4, 0.5) is 0 Å². The van der Waals surface area contributed by atoms with Crippen molar-refractivity contribution in [1.82, 2.24) is 20.1 Å². The van der Waals surface area contributed by atoms with Gasteiger partial charge in [-0.25, -0.2) is 4.98 Å². The van der Waals surface area contributed by atoms with Gasteiger partial charge in [-0.2, -0.15) is 5.10 Å². The number of fused-ring (bicyclic) bond motifs is 1. The quantitative estimate of drug-likeness (QED) is 0.753. The number of nitrogens with one attached hydrogen (secondary N) is 1. The molecule has 8 nitrogen and oxygen atoms in total. The molecule has 1 N–H and O–H groups in total. The monoisotopic (exact) mass is 304 g/mol. The molecular formula is C14H16N4O4. The highest BCUT2D eigenvalue weighted by molar-refractivity contribution is 5.75. The highest BCUT2D eigenvalue weighted by Crippen LogP contribution is 2.34.